The van der Waals surface area contributed by atoms with Crippen molar-refractivity contribution in [1.82, 2.24) is 5.32 Å². The van der Waals surface area contributed by atoms with E-state index in [2.05, 4.69) is 5.32 Å². The Morgan fingerprint density at radius 2 is 2.24 bits per heavy atom. The van der Waals surface area contributed by atoms with E-state index in [-0.39, 0.29) is 25.0 Å². The molecular formula is C14H25NO6. The summed E-state index contributed by atoms with van der Waals surface area (Å²) in [6, 6.07) is 0. The summed E-state index contributed by atoms with van der Waals surface area (Å²) < 4.78 is 15.9. The van der Waals surface area contributed by atoms with Gasteiger partial charge in [0.25, 0.3) is 0 Å². The van der Waals surface area contributed by atoms with Crippen molar-refractivity contribution in [2.75, 3.05) is 26.9 Å². The predicted molar refractivity (Wildman–Crippen MR) is 75.1 cm³/mol. The highest BCUT2D eigenvalue weighted by atomic mass is 16.5. The Balaban J connectivity index is 2.45. The Kier molecular flexibility index (Phi) is 7.07. The molecule has 0 aliphatic carbocycles. The number of aliphatic carboxylic acids is 1. The molecule has 2 N–H and O–H groups in total. The lowest BCUT2D eigenvalue weighted by Crippen LogP contribution is -2.53. The molecule has 1 heterocycles. The summed E-state index contributed by atoms with van der Waals surface area (Å²) in [6.07, 6.45) is 1.11. The molecule has 0 radical (unpaired) electrons. The number of nitrogens with one attached hydrogen (secondary N) is 1. The van der Waals surface area contributed by atoms with Crippen LogP contribution in [0.15, 0.2) is 0 Å². The molecule has 1 aliphatic rings. The fourth-order valence-corrected chi connectivity index (χ4v) is 2.29. The summed E-state index contributed by atoms with van der Waals surface area (Å²) in [7, 11) is 1.46. The Morgan fingerprint density at radius 1 is 1.52 bits per heavy atom. The van der Waals surface area contributed by atoms with Gasteiger partial charge in [0.15, 0.2) is 0 Å². The van der Waals surface area contributed by atoms with Crippen LogP contribution >= 0.6 is 0 Å². The van der Waals surface area contributed by atoms with Crippen LogP contribution in [0.1, 0.15) is 33.1 Å². The van der Waals surface area contributed by atoms with Crippen LogP contribution in [0.5, 0.6) is 0 Å². The van der Waals surface area contributed by atoms with E-state index in [4.69, 9.17) is 19.3 Å². The monoisotopic (exact) mass is 303 g/mol. The first-order valence-corrected chi connectivity index (χ1v) is 7.12. The summed E-state index contributed by atoms with van der Waals surface area (Å²) in [5, 5.41) is 11.6. The van der Waals surface area contributed by atoms with Gasteiger partial charge >= 0.3 is 5.97 Å². The zero-order valence-electron chi connectivity index (χ0n) is 12.9. The van der Waals surface area contributed by atoms with Crippen LogP contribution < -0.4 is 5.32 Å². The van der Waals surface area contributed by atoms with E-state index in [9.17, 15) is 9.59 Å². The van der Waals surface area contributed by atoms with E-state index in [0.29, 0.717) is 6.61 Å². The van der Waals surface area contributed by atoms with Crippen molar-refractivity contribution in [3.8, 4) is 0 Å². The highest BCUT2D eigenvalue weighted by Crippen LogP contribution is 2.14. The van der Waals surface area contributed by atoms with Gasteiger partial charge in [-0.05, 0) is 26.7 Å². The van der Waals surface area contributed by atoms with E-state index in [0.717, 1.165) is 19.4 Å². The van der Waals surface area contributed by atoms with Gasteiger partial charge < -0.3 is 24.6 Å². The number of rotatable bonds is 9. The molecule has 7 heteroatoms. The van der Waals surface area contributed by atoms with Crippen LogP contribution in [0.4, 0.5) is 0 Å². The summed E-state index contributed by atoms with van der Waals surface area (Å²) in [5.41, 5.74) is -0.959. The van der Waals surface area contributed by atoms with Gasteiger partial charge in [0.2, 0.25) is 5.91 Å². The highest BCUT2D eigenvalue weighted by molar-refractivity contribution is 5.82. The first kappa shape index (κ1) is 17.9. The standard InChI is InChI=1S/C14H25NO6/c1-10(21-8-11-5-4-6-20-11)13(18)15-14(2,9-19-3)7-12(16)17/h10-11H,4-9H2,1-3H3,(H,15,18)(H,16,17). The maximum atomic E-state index is 12.1. The molecule has 3 unspecified atom stereocenters. The molecule has 1 rings (SSSR count). The van der Waals surface area contributed by atoms with Crippen LogP contribution in [0, 0.1) is 0 Å². The summed E-state index contributed by atoms with van der Waals surface area (Å²) >= 11 is 0. The smallest absolute Gasteiger partial charge is 0.305 e. The normalized spacial score (nSPS) is 22.5. The third-order valence-electron chi connectivity index (χ3n) is 3.35. The Hall–Kier alpha value is -1.18. The first-order chi connectivity index (χ1) is 9.86. The zero-order chi connectivity index (χ0) is 15.9. The van der Waals surface area contributed by atoms with E-state index in [1.165, 1.54) is 7.11 Å². The molecule has 1 aliphatic heterocycles. The average molecular weight is 303 g/mol. The molecule has 0 saturated carbocycles. The number of ether oxygens (including phenoxy) is 3. The van der Waals surface area contributed by atoms with Gasteiger partial charge in [0.1, 0.15) is 6.10 Å². The lowest BCUT2D eigenvalue weighted by molar-refractivity contribution is -0.141. The summed E-state index contributed by atoms with van der Waals surface area (Å²) in [5.74, 6) is -1.35. The van der Waals surface area contributed by atoms with Crippen LogP contribution in [-0.4, -0.2) is 61.7 Å². The molecule has 0 aromatic heterocycles. The maximum Gasteiger partial charge on any atom is 0.305 e. The van der Waals surface area contributed by atoms with E-state index < -0.39 is 17.6 Å². The van der Waals surface area contributed by atoms with Crippen LogP contribution in [-0.2, 0) is 23.8 Å². The molecule has 1 amide bonds. The van der Waals surface area contributed by atoms with Crippen molar-refractivity contribution >= 4 is 11.9 Å². The van der Waals surface area contributed by atoms with Gasteiger partial charge in [-0.2, -0.15) is 0 Å². The Morgan fingerprint density at radius 3 is 2.76 bits per heavy atom. The average Bonchev–Trinajstić information content (AvgIpc) is 2.87. The van der Waals surface area contributed by atoms with Crippen molar-refractivity contribution in [2.24, 2.45) is 0 Å². The molecular weight excluding hydrogens is 278 g/mol. The molecule has 7 nitrogen and oxygen atoms in total. The SMILES string of the molecule is COCC(C)(CC(=O)O)NC(=O)C(C)OCC1CCCO1. The quantitative estimate of drug-likeness (QED) is 0.646. The number of hydrogen-bond acceptors (Lipinski definition) is 5. The third kappa shape index (κ3) is 6.41. The molecule has 1 fully saturated rings. The summed E-state index contributed by atoms with van der Waals surface area (Å²) in [6.45, 7) is 4.49. The molecule has 3 atom stereocenters. The minimum Gasteiger partial charge on any atom is -0.481 e. The fourth-order valence-electron chi connectivity index (χ4n) is 2.29. The molecule has 0 aromatic carbocycles. The van der Waals surface area contributed by atoms with Crippen LogP contribution in [0.3, 0.4) is 0 Å². The van der Waals surface area contributed by atoms with E-state index in [1.54, 1.807) is 13.8 Å². The van der Waals surface area contributed by atoms with Crippen molar-refractivity contribution < 1.29 is 28.9 Å². The van der Waals surface area contributed by atoms with Crippen molar-refractivity contribution in [1.29, 1.82) is 0 Å². The molecule has 21 heavy (non-hydrogen) atoms. The number of hydrogen-bond donors (Lipinski definition) is 2. The minimum absolute atomic E-state index is 0.0460. The number of methoxy groups -OCH3 is 1. The van der Waals surface area contributed by atoms with Gasteiger partial charge in [-0.25, -0.2) is 0 Å². The van der Waals surface area contributed by atoms with Gasteiger partial charge in [-0.1, -0.05) is 0 Å². The lowest BCUT2D eigenvalue weighted by Gasteiger charge is -2.30. The Labute approximate surface area is 124 Å². The second-order valence-electron chi connectivity index (χ2n) is 5.66. The van der Waals surface area contributed by atoms with Gasteiger partial charge in [0.05, 0.1) is 31.3 Å². The minimum atomic E-state index is -0.997. The maximum absolute atomic E-state index is 12.1. The fraction of sp³-hybridized carbons (Fsp3) is 0.857. The molecule has 0 aromatic rings. The molecule has 0 spiro atoms. The first-order valence-electron chi connectivity index (χ1n) is 7.12. The molecule has 1 saturated heterocycles. The second-order valence-corrected chi connectivity index (χ2v) is 5.66. The van der Waals surface area contributed by atoms with Gasteiger partial charge in [0, 0.05) is 13.7 Å². The predicted octanol–water partition coefficient (Wildman–Crippen LogP) is 0.567. The van der Waals surface area contributed by atoms with Gasteiger partial charge in [-0.3, -0.25) is 9.59 Å². The van der Waals surface area contributed by atoms with Crippen LogP contribution in [0.2, 0.25) is 0 Å². The number of carbonyl (C=O) groups is 2. The molecule has 0 bridgehead atoms. The van der Waals surface area contributed by atoms with Gasteiger partial charge in [-0.15, -0.1) is 0 Å². The van der Waals surface area contributed by atoms with Crippen molar-refractivity contribution in [3.63, 3.8) is 0 Å². The second kappa shape index (κ2) is 8.31. The van der Waals surface area contributed by atoms with Crippen LogP contribution in [0.25, 0.3) is 0 Å². The topological polar surface area (TPSA) is 94.1 Å². The largest absolute Gasteiger partial charge is 0.481 e. The van der Waals surface area contributed by atoms with Crippen molar-refractivity contribution in [2.45, 2.75) is 50.9 Å². The zero-order valence-corrected chi connectivity index (χ0v) is 12.9. The highest BCUT2D eigenvalue weighted by Gasteiger charge is 2.31. The van der Waals surface area contributed by atoms with Crippen molar-refractivity contribution in [3.05, 3.63) is 0 Å². The number of carboxylic acids is 1. The number of carboxylic acid groups (broad SMARTS) is 1. The van der Waals surface area contributed by atoms with E-state index in [1.807, 2.05) is 0 Å². The Bertz CT molecular complexity index is 355. The number of amides is 1. The lowest BCUT2D eigenvalue weighted by atomic mass is 9.98. The molecule has 122 valence electrons. The third-order valence-corrected chi connectivity index (χ3v) is 3.35. The van der Waals surface area contributed by atoms with E-state index >= 15 is 0 Å². The number of carbonyl (C=O) groups excluding carboxylic acids is 1. The summed E-state index contributed by atoms with van der Waals surface area (Å²) in [4.78, 5) is 23.0.